The van der Waals surface area contributed by atoms with Gasteiger partial charge in [-0.2, -0.15) is 10.5 Å². The van der Waals surface area contributed by atoms with Gasteiger partial charge in [0.25, 0.3) is 0 Å². The zero-order valence-electron chi connectivity index (χ0n) is 29.5. The predicted octanol–water partition coefficient (Wildman–Crippen LogP) is 12.4. The van der Waals surface area contributed by atoms with Crippen molar-refractivity contribution in [3.05, 3.63) is 187 Å². The van der Waals surface area contributed by atoms with Crippen molar-refractivity contribution < 1.29 is 0 Å². The molecule has 0 amide bonds. The van der Waals surface area contributed by atoms with Crippen LogP contribution in [-0.4, -0.2) is 13.7 Å². The summed E-state index contributed by atoms with van der Waals surface area (Å²) in [6.45, 7) is 0. The monoisotopic (exact) mass is 699 g/mol. The van der Waals surface area contributed by atoms with E-state index in [9.17, 15) is 10.5 Å². The van der Waals surface area contributed by atoms with Crippen LogP contribution in [0.2, 0.25) is 0 Å². The maximum absolute atomic E-state index is 10.5. The number of hydrogen-bond donors (Lipinski definition) is 0. The average molecular weight is 700 g/mol. The van der Waals surface area contributed by atoms with E-state index in [0.717, 1.165) is 72.1 Å². The Labute approximate surface area is 316 Å². The summed E-state index contributed by atoms with van der Waals surface area (Å²) < 4.78 is 7.01. The topological polar surface area (TPSA) is 62.4 Å². The third-order valence-electron chi connectivity index (χ3n) is 11.1. The molecule has 0 fully saturated rings. The van der Waals surface area contributed by atoms with Crippen LogP contribution in [0.15, 0.2) is 176 Å². The van der Waals surface area contributed by atoms with E-state index in [1.807, 2.05) is 42.5 Å². The smallest absolute Gasteiger partial charge is 0.0992 e. The number of para-hydroxylation sites is 6. The van der Waals surface area contributed by atoms with Crippen LogP contribution in [0.25, 0.3) is 93.6 Å². The first kappa shape index (κ1) is 30.7. The molecule has 0 radical (unpaired) electrons. The van der Waals surface area contributed by atoms with E-state index in [1.54, 1.807) is 0 Å². The minimum atomic E-state index is 0.565. The summed E-state index contributed by atoms with van der Waals surface area (Å²) in [5.74, 6) is 0. The zero-order chi connectivity index (χ0) is 36.6. The highest BCUT2D eigenvalue weighted by atomic mass is 15.1. The summed E-state index contributed by atoms with van der Waals surface area (Å²) >= 11 is 0. The largest absolute Gasteiger partial charge is 0.309 e. The quantitative estimate of drug-likeness (QED) is 0.184. The molecule has 11 aromatic rings. The van der Waals surface area contributed by atoms with E-state index in [1.165, 1.54) is 21.5 Å². The molecule has 0 saturated carbocycles. The second-order valence-corrected chi connectivity index (χ2v) is 14.0. The lowest BCUT2D eigenvalue weighted by Gasteiger charge is -2.18. The van der Waals surface area contributed by atoms with Gasteiger partial charge in [0.15, 0.2) is 0 Å². The van der Waals surface area contributed by atoms with Crippen molar-refractivity contribution >= 4 is 65.4 Å². The van der Waals surface area contributed by atoms with Crippen LogP contribution in [0, 0.1) is 22.7 Å². The number of nitrogens with zero attached hydrogens (tertiary/aromatic N) is 5. The van der Waals surface area contributed by atoms with Gasteiger partial charge in [0.2, 0.25) is 0 Å². The van der Waals surface area contributed by atoms with Crippen molar-refractivity contribution in [1.82, 2.24) is 13.7 Å². The summed E-state index contributed by atoms with van der Waals surface area (Å²) in [5.41, 5.74) is 12.6. The third kappa shape index (κ3) is 4.45. The third-order valence-corrected chi connectivity index (χ3v) is 11.1. The van der Waals surface area contributed by atoms with Crippen LogP contribution < -0.4 is 0 Å². The molecule has 3 heterocycles. The first-order valence-corrected chi connectivity index (χ1v) is 18.3. The molecule has 0 spiro atoms. The molecule has 0 saturated heterocycles. The molecule has 0 N–H and O–H groups in total. The lowest BCUT2D eigenvalue weighted by atomic mass is 10.00. The van der Waals surface area contributed by atoms with E-state index < -0.39 is 0 Å². The van der Waals surface area contributed by atoms with Crippen LogP contribution in [0.4, 0.5) is 0 Å². The normalized spacial score (nSPS) is 11.6. The predicted molar refractivity (Wildman–Crippen MR) is 224 cm³/mol. The van der Waals surface area contributed by atoms with Gasteiger partial charge in [0.1, 0.15) is 0 Å². The maximum atomic E-state index is 10.5. The lowest BCUT2D eigenvalue weighted by Crippen LogP contribution is -2.02. The van der Waals surface area contributed by atoms with Gasteiger partial charge >= 0.3 is 0 Å². The summed E-state index contributed by atoms with van der Waals surface area (Å²) in [4.78, 5) is 0. The number of fused-ring (bicyclic) bond motifs is 9. The van der Waals surface area contributed by atoms with E-state index in [4.69, 9.17) is 0 Å². The molecule has 8 aromatic carbocycles. The molecule has 0 aliphatic heterocycles. The van der Waals surface area contributed by atoms with Crippen LogP contribution in [0.5, 0.6) is 0 Å². The molecule has 55 heavy (non-hydrogen) atoms. The van der Waals surface area contributed by atoms with Gasteiger partial charge in [-0.3, -0.25) is 0 Å². The molecule has 11 rings (SSSR count). The molecule has 0 atom stereocenters. The van der Waals surface area contributed by atoms with Gasteiger partial charge in [0, 0.05) is 43.6 Å². The Morgan fingerprint density at radius 3 is 1.53 bits per heavy atom. The number of aromatic nitrogens is 3. The van der Waals surface area contributed by atoms with E-state index in [-0.39, 0.29) is 0 Å². The highest BCUT2D eigenvalue weighted by Crippen LogP contribution is 2.42. The first-order chi connectivity index (χ1) is 27.2. The summed E-state index contributed by atoms with van der Waals surface area (Å²) in [5, 5.41) is 27.0. The number of nitriles is 2. The van der Waals surface area contributed by atoms with E-state index in [0.29, 0.717) is 11.1 Å². The molecule has 0 bridgehead atoms. The Kier molecular flexibility index (Phi) is 6.61. The molecule has 5 nitrogen and oxygen atoms in total. The summed E-state index contributed by atoms with van der Waals surface area (Å²) in [7, 11) is 0. The summed E-state index contributed by atoms with van der Waals surface area (Å²) in [6.07, 6.45) is 0. The molecular formula is C50H29N5. The molecule has 3 aromatic heterocycles. The van der Waals surface area contributed by atoms with Crippen molar-refractivity contribution in [2.45, 2.75) is 0 Å². The Morgan fingerprint density at radius 1 is 0.345 bits per heavy atom. The number of hydrogen-bond acceptors (Lipinski definition) is 2. The standard InChI is InChI=1S/C50H29N5/c51-30-32-24-25-48-42(28-32)40-16-5-7-19-44(40)53(48)35-27-33(31-52)26-34(29-35)36-12-1-6-18-43(36)55-47-22-10-4-15-39(47)41-17-11-23-49(50(41)55)54-45-20-8-2-13-37(45)38-14-3-9-21-46(38)54/h1-29H. The summed E-state index contributed by atoms with van der Waals surface area (Å²) in [6, 6.07) is 66.0. The fourth-order valence-electron chi connectivity index (χ4n) is 8.81. The zero-order valence-corrected chi connectivity index (χ0v) is 29.5. The SMILES string of the molecule is N#Cc1cc(-c2ccccc2-n2c3ccccc3c3cccc(-n4c5ccccc5c5ccccc54)c32)cc(-n2c3ccccc3c3cc(C#N)ccc32)c1. The maximum Gasteiger partial charge on any atom is 0.0992 e. The minimum Gasteiger partial charge on any atom is -0.309 e. The van der Waals surface area contributed by atoms with Crippen molar-refractivity contribution in [3.63, 3.8) is 0 Å². The fraction of sp³-hybridized carbons (Fsp3) is 0. The molecule has 254 valence electrons. The van der Waals surface area contributed by atoms with Gasteiger partial charge in [0.05, 0.1) is 67.7 Å². The number of rotatable bonds is 4. The molecule has 0 unspecified atom stereocenters. The number of benzene rings is 8. The van der Waals surface area contributed by atoms with Crippen molar-refractivity contribution in [2.75, 3.05) is 0 Å². The van der Waals surface area contributed by atoms with E-state index >= 15 is 0 Å². The van der Waals surface area contributed by atoms with Crippen molar-refractivity contribution in [1.29, 1.82) is 10.5 Å². The minimum absolute atomic E-state index is 0.565. The van der Waals surface area contributed by atoms with Gasteiger partial charge in [-0.05, 0) is 78.4 Å². The van der Waals surface area contributed by atoms with Crippen molar-refractivity contribution in [3.8, 4) is 40.3 Å². The Bertz CT molecular complexity index is 3420. The van der Waals surface area contributed by atoms with E-state index in [2.05, 4.69) is 159 Å². The second-order valence-electron chi connectivity index (χ2n) is 14.0. The Morgan fingerprint density at radius 2 is 0.855 bits per heavy atom. The van der Waals surface area contributed by atoms with Crippen LogP contribution >= 0.6 is 0 Å². The van der Waals surface area contributed by atoms with Gasteiger partial charge in [-0.25, -0.2) is 0 Å². The molecule has 0 aliphatic carbocycles. The van der Waals surface area contributed by atoms with Gasteiger partial charge in [-0.15, -0.1) is 0 Å². The fourth-order valence-corrected chi connectivity index (χ4v) is 8.81. The van der Waals surface area contributed by atoms with Crippen LogP contribution in [0.1, 0.15) is 11.1 Å². The molecular weight excluding hydrogens is 671 g/mol. The van der Waals surface area contributed by atoms with Crippen LogP contribution in [-0.2, 0) is 0 Å². The first-order valence-electron chi connectivity index (χ1n) is 18.3. The molecule has 5 heteroatoms. The highest BCUT2D eigenvalue weighted by Gasteiger charge is 2.22. The van der Waals surface area contributed by atoms with Crippen LogP contribution in [0.3, 0.4) is 0 Å². The lowest BCUT2D eigenvalue weighted by molar-refractivity contribution is 1.13. The second kappa shape index (κ2) is 11.8. The average Bonchev–Trinajstić information content (AvgIpc) is 3.89. The van der Waals surface area contributed by atoms with Gasteiger partial charge < -0.3 is 13.7 Å². The van der Waals surface area contributed by atoms with Crippen molar-refractivity contribution in [2.24, 2.45) is 0 Å². The molecule has 0 aliphatic rings. The Balaban J connectivity index is 1.21. The van der Waals surface area contributed by atoms with Gasteiger partial charge in [-0.1, -0.05) is 103 Å². The Hall–Kier alpha value is -7.86. The highest BCUT2D eigenvalue weighted by molar-refractivity contribution is 6.15.